The summed E-state index contributed by atoms with van der Waals surface area (Å²) in [5.74, 6) is 0.383. The van der Waals surface area contributed by atoms with Gasteiger partial charge < -0.3 is 15.2 Å². The summed E-state index contributed by atoms with van der Waals surface area (Å²) in [5.41, 5.74) is 5.89. The lowest BCUT2D eigenvalue weighted by molar-refractivity contribution is -0.0512. The fourth-order valence-corrected chi connectivity index (χ4v) is 1.17. The standard InChI is InChI=1S/C10H11ClF2N2O2/c1-16-8-4-6(15-9(14)5-11)2-3-7(8)17-10(12)13/h2-4,10H,5H2,1H3,(H2,14,15). The zero-order valence-corrected chi connectivity index (χ0v) is 9.75. The number of amidine groups is 1. The molecule has 0 amide bonds. The van der Waals surface area contributed by atoms with E-state index in [1.165, 1.54) is 25.3 Å². The third-order valence-electron chi connectivity index (χ3n) is 1.77. The number of hydrogen-bond acceptors (Lipinski definition) is 3. The van der Waals surface area contributed by atoms with Crippen LogP contribution in [0.3, 0.4) is 0 Å². The van der Waals surface area contributed by atoms with Crippen LogP contribution in [0.1, 0.15) is 0 Å². The second kappa shape index (κ2) is 6.24. The number of methoxy groups -OCH3 is 1. The van der Waals surface area contributed by atoms with Crippen molar-refractivity contribution in [2.24, 2.45) is 10.7 Å². The Labute approximate surface area is 102 Å². The fourth-order valence-electron chi connectivity index (χ4n) is 1.11. The van der Waals surface area contributed by atoms with Gasteiger partial charge in [-0.2, -0.15) is 8.78 Å². The molecule has 2 N–H and O–H groups in total. The Morgan fingerprint density at radius 2 is 2.18 bits per heavy atom. The molecular formula is C10H11ClF2N2O2. The monoisotopic (exact) mass is 264 g/mol. The topological polar surface area (TPSA) is 56.8 Å². The molecular weight excluding hydrogens is 254 g/mol. The van der Waals surface area contributed by atoms with Gasteiger partial charge in [0.2, 0.25) is 0 Å². The molecule has 0 aliphatic rings. The Hall–Kier alpha value is -1.56. The van der Waals surface area contributed by atoms with E-state index in [9.17, 15) is 8.78 Å². The van der Waals surface area contributed by atoms with Crippen LogP contribution < -0.4 is 15.2 Å². The molecule has 0 aliphatic carbocycles. The van der Waals surface area contributed by atoms with Crippen LogP contribution in [-0.2, 0) is 0 Å². The third-order valence-corrected chi connectivity index (χ3v) is 2.05. The van der Waals surface area contributed by atoms with E-state index in [4.69, 9.17) is 22.1 Å². The highest BCUT2D eigenvalue weighted by Gasteiger charge is 2.10. The number of nitrogens with zero attached hydrogens (tertiary/aromatic N) is 1. The molecule has 4 nitrogen and oxygen atoms in total. The summed E-state index contributed by atoms with van der Waals surface area (Å²) in [7, 11) is 1.34. The maximum atomic E-state index is 12.1. The molecule has 7 heteroatoms. The molecule has 0 unspecified atom stereocenters. The molecule has 17 heavy (non-hydrogen) atoms. The molecule has 0 saturated carbocycles. The molecule has 94 valence electrons. The van der Waals surface area contributed by atoms with Crippen molar-refractivity contribution < 1.29 is 18.3 Å². The van der Waals surface area contributed by atoms with Gasteiger partial charge in [0.15, 0.2) is 11.5 Å². The minimum absolute atomic E-state index is 0.0640. The highest BCUT2D eigenvalue weighted by molar-refractivity contribution is 6.28. The summed E-state index contributed by atoms with van der Waals surface area (Å²) < 4.78 is 33.3. The van der Waals surface area contributed by atoms with Crippen LogP contribution in [-0.4, -0.2) is 25.4 Å². The van der Waals surface area contributed by atoms with Crippen molar-refractivity contribution in [2.45, 2.75) is 6.61 Å². The zero-order valence-electron chi connectivity index (χ0n) is 8.99. The Bertz CT molecular complexity index is 413. The van der Waals surface area contributed by atoms with Crippen LogP contribution in [0, 0.1) is 0 Å². The maximum Gasteiger partial charge on any atom is 0.387 e. The lowest BCUT2D eigenvalue weighted by atomic mass is 10.3. The SMILES string of the molecule is COc1cc(N=C(N)CCl)ccc1OC(F)F. The number of nitrogens with two attached hydrogens (primary N) is 1. The van der Waals surface area contributed by atoms with Gasteiger partial charge in [-0.25, -0.2) is 4.99 Å². The second-order valence-corrected chi connectivity index (χ2v) is 3.22. The summed E-state index contributed by atoms with van der Waals surface area (Å²) >= 11 is 5.46. The van der Waals surface area contributed by atoms with E-state index in [-0.39, 0.29) is 23.2 Å². The predicted octanol–water partition coefficient (Wildman–Crippen LogP) is 2.52. The Kier molecular flexibility index (Phi) is 4.96. The van der Waals surface area contributed by atoms with Crippen LogP contribution in [0.2, 0.25) is 0 Å². The van der Waals surface area contributed by atoms with Gasteiger partial charge in [0.1, 0.15) is 5.84 Å². The molecule has 0 fully saturated rings. The van der Waals surface area contributed by atoms with Crippen molar-refractivity contribution in [1.29, 1.82) is 0 Å². The third kappa shape index (κ3) is 4.07. The first-order valence-electron chi connectivity index (χ1n) is 4.58. The van der Waals surface area contributed by atoms with Gasteiger partial charge >= 0.3 is 6.61 Å². The van der Waals surface area contributed by atoms with Crippen molar-refractivity contribution in [3.05, 3.63) is 18.2 Å². The normalized spacial score (nSPS) is 11.7. The van der Waals surface area contributed by atoms with Crippen LogP contribution in [0.25, 0.3) is 0 Å². The van der Waals surface area contributed by atoms with Crippen molar-refractivity contribution in [3.63, 3.8) is 0 Å². The van der Waals surface area contributed by atoms with Gasteiger partial charge in [-0.3, -0.25) is 0 Å². The first-order valence-corrected chi connectivity index (χ1v) is 5.12. The molecule has 1 rings (SSSR count). The highest BCUT2D eigenvalue weighted by atomic mass is 35.5. The van der Waals surface area contributed by atoms with Gasteiger partial charge in [0.25, 0.3) is 0 Å². The number of halogens is 3. The lowest BCUT2D eigenvalue weighted by Crippen LogP contribution is -2.12. The van der Waals surface area contributed by atoms with Gasteiger partial charge in [0, 0.05) is 6.07 Å². The van der Waals surface area contributed by atoms with Crippen molar-refractivity contribution >= 4 is 23.1 Å². The fraction of sp³-hybridized carbons (Fsp3) is 0.300. The van der Waals surface area contributed by atoms with Crippen LogP contribution >= 0.6 is 11.6 Å². The first-order chi connectivity index (χ1) is 8.06. The number of hydrogen-bond donors (Lipinski definition) is 1. The largest absolute Gasteiger partial charge is 0.493 e. The molecule has 0 bridgehead atoms. The minimum atomic E-state index is -2.91. The number of benzene rings is 1. The average molecular weight is 265 g/mol. The van der Waals surface area contributed by atoms with Gasteiger partial charge in [0.05, 0.1) is 18.7 Å². The summed E-state index contributed by atoms with van der Waals surface area (Å²) in [4.78, 5) is 3.95. The summed E-state index contributed by atoms with van der Waals surface area (Å²) in [6.07, 6.45) is 0. The second-order valence-electron chi connectivity index (χ2n) is 2.95. The van der Waals surface area contributed by atoms with E-state index < -0.39 is 6.61 Å². The molecule has 0 radical (unpaired) electrons. The van der Waals surface area contributed by atoms with E-state index in [1.807, 2.05) is 0 Å². The van der Waals surface area contributed by atoms with E-state index >= 15 is 0 Å². The van der Waals surface area contributed by atoms with Crippen LogP contribution in [0.15, 0.2) is 23.2 Å². The molecule has 0 saturated heterocycles. The summed E-state index contributed by atoms with van der Waals surface area (Å²) in [6.45, 7) is -2.91. The first kappa shape index (κ1) is 13.5. The highest BCUT2D eigenvalue weighted by Crippen LogP contribution is 2.32. The van der Waals surface area contributed by atoms with Gasteiger partial charge in [-0.05, 0) is 12.1 Å². The number of rotatable bonds is 5. The number of aliphatic imine (C=N–C) groups is 1. The van der Waals surface area contributed by atoms with Crippen LogP contribution in [0.5, 0.6) is 11.5 Å². The van der Waals surface area contributed by atoms with E-state index in [1.54, 1.807) is 0 Å². The van der Waals surface area contributed by atoms with Crippen molar-refractivity contribution in [2.75, 3.05) is 13.0 Å². The number of alkyl halides is 3. The van der Waals surface area contributed by atoms with E-state index in [0.717, 1.165) is 0 Å². The quantitative estimate of drug-likeness (QED) is 0.505. The molecule has 0 aromatic heterocycles. The number of ether oxygens (including phenoxy) is 2. The molecule has 1 aromatic rings. The van der Waals surface area contributed by atoms with Crippen LogP contribution in [0.4, 0.5) is 14.5 Å². The summed E-state index contributed by atoms with van der Waals surface area (Å²) in [6, 6.07) is 4.22. The smallest absolute Gasteiger partial charge is 0.387 e. The Morgan fingerprint density at radius 3 is 2.71 bits per heavy atom. The molecule has 0 atom stereocenters. The predicted molar refractivity (Wildman–Crippen MR) is 61.6 cm³/mol. The molecule has 0 aliphatic heterocycles. The van der Waals surface area contributed by atoms with Gasteiger partial charge in [-0.15, -0.1) is 11.6 Å². The zero-order chi connectivity index (χ0) is 12.8. The van der Waals surface area contributed by atoms with E-state index in [0.29, 0.717) is 5.69 Å². The van der Waals surface area contributed by atoms with Crippen molar-refractivity contribution in [1.82, 2.24) is 0 Å². The lowest BCUT2D eigenvalue weighted by Gasteiger charge is -2.10. The maximum absolute atomic E-state index is 12.1. The summed E-state index contributed by atoms with van der Waals surface area (Å²) in [5, 5.41) is 0. The molecule has 0 spiro atoms. The Morgan fingerprint density at radius 1 is 1.47 bits per heavy atom. The van der Waals surface area contributed by atoms with Gasteiger partial charge in [-0.1, -0.05) is 0 Å². The molecule has 1 aromatic carbocycles. The molecule has 0 heterocycles. The Balaban J connectivity index is 3.00. The average Bonchev–Trinajstić information content (AvgIpc) is 2.30. The minimum Gasteiger partial charge on any atom is -0.493 e. The van der Waals surface area contributed by atoms with E-state index in [2.05, 4.69) is 9.73 Å². The van der Waals surface area contributed by atoms with Crippen molar-refractivity contribution in [3.8, 4) is 11.5 Å².